The lowest BCUT2D eigenvalue weighted by Gasteiger charge is -2.31. The molecular weight excluding hydrogens is 460 g/mol. The molecule has 0 amide bonds. The third kappa shape index (κ3) is 4.99. The first kappa shape index (κ1) is 24.4. The van der Waals surface area contributed by atoms with Gasteiger partial charge in [0.15, 0.2) is 0 Å². The Bertz CT molecular complexity index is 1180. The first-order valence-corrected chi connectivity index (χ1v) is 13.0. The van der Waals surface area contributed by atoms with E-state index in [9.17, 15) is 10.4 Å². The van der Waals surface area contributed by atoms with Crippen LogP contribution in [0.2, 0.25) is 0 Å². The number of fused-ring (bicyclic) bond motifs is 8. The van der Waals surface area contributed by atoms with Crippen molar-refractivity contribution in [3.63, 3.8) is 0 Å². The molecule has 6 aliphatic rings. The molecule has 4 aliphatic heterocycles. The topological polar surface area (TPSA) is 191 Å². The molecule has 0 spiro atoms. The van der Waals surface area contributed by atoms with E-state index >= 15 is 0 Å². The Morgan fingerprint density at radius 3 is 2.00 bits per heavy atom. The largest absolute Gasteiger partial charge is 0.423 e. The van der Waals surface area contributed by atoms with Crippen LogP contribution in [-0.2, 0) is 0 Å². The number of hydrogen-bond donors (Lipinski definition) is 7. The Balaban J connectivity index is 0.000000148. The second-order valence-corrected chi connectivity index (χ2v) is 10.9. The summed E-state index contributed by atoms with van der Waals surface area (Å²) in [5, 5.41) is 37.6. The van der Waals surface area contributed by atoms with E-state index in [4.69, 9.17) is 22.3 Å². The summed E-state index contributed by atoms with van der Waals surface area (Å²) in [5.41, 5.74) is 11.9. The van der Waals surface area contributed by atoms with Gasteiger partial charge in [-0.1, -0.05) is 0 Å². The van der Waals surface area contributed by atoms with E-state index in [1.54, 1.807) is 12.1 Å². The highest BCUT2D eigenvalue weighted by atomic mass is 16.5. The van der Waals surface area contributed by atoms with Crippen molar-refractivity contribution in [2.45, 2.75) is 50.9 Å². The van der Waals surface area contributed by atoms with Crippen LogP contribution in [0.5, 0.6) is 0 Å². The van der Waals surface area contributed by atoms with Crippen molar-refractivity contribution in [3.05, 3.63) is 29.1 Å². The maximum absolute atomic E-state index is 9.45. The van der Waals surface area contributed by atoms with Crippen LogP contribution in [0, 0.1) is 34.5 Å². The van der Waals surface area contributed by atoms with Gasteiger partial charge in [-0.3, -0.25) is 10.8 Å². The number of rotatable bonds is 2. The molecule has 2 aromatic heterocycles. The number of anilines is 3. The van der Waals surface area contributed by atoms with Crippen molar-refractivity contribution in [1.29, 1.82) is 10.8 Å². The second kappa shape index (κ2) is 10.00. The number of nitrogen functional groups attached to an aromatic ring is 2. The molecule has 0 radical (unpaired) electrons. The average Bonchev–Trinajstić information content (AvgIpc) is 3.38. The Labute approximate surface area is 209 Å². The highest BCUT2D eigenvalue weighted by Gasteiger charge is 2.35. The smallest absolute Gasteiger partial charge is 0.259 e. The van der Waals surface area contributed by atoms with Gasteiger partial charge in [0.1, 0.15) is 17.5 Å². The Morgan fingerprint density at radius 2 is 1.39 bits per heavy atom. The lowest BCUT2D eigenvalue weighted by molar-refractivity contribution is 0.169. The van der Waals surface area contributed by atoms with Gasteiger partial charge in [-0.2, -0.15) is 4.98 Å². The fourth-order valence-corrected chi connectivity index (χ4v) is 6.46. The van der Waals surface area contributed by atoms with Gasteiger partial charge in [0.2, 0.25) is 0 Å². The number of nitrogens with zero attached hydrogens (tertiary/aromatic N) is 5. The summed E-state index contributed by atoms with van der Waals surface area (Å²) in [6.45, 7) is 4.10. The van der Waals surface area contributed by atoms with E-state index in [0.29, 0.717) is 27.2 Å². The molecule has 4 saturated heterocycles. The third-order valence-corrected chi connectivity index (χ3v) is 8.49. The zero-order valence-electron chi connectivity index (χ0n) is 20.6. The number of nitrogens with two attached hydrogens (primary N) is 2. The third-order valence-electron chi connectivity index (χ3n) is 8.49. The summed E-state index contributed by atoms with van der Waals surface area (Å²) >= 11 is 0. The first-order chi connectivity index (χ1) is 17.3. The Kier molecular flexibility index (Phi) is 6.78. The van der Waals surface area contributed by atoms with E-state index in [2.05, 4.69) is 20.2 Å². The van der Waals surface area contributed by atoms with Crippen LogP contribution in [-0.4, -0.2) is 56.0 Å². The number of aromatic nitrogens is 4. The van der Waals surface area contributed by atoms with Crippen molar-refractivity contribution in [2.75, 3.05) is 42.5 Å². The molecule has 6 heterocycles. The van der Waals surface area contributed by atoms with E-state index < -0.39 is 0 Å². The molecule has 2 aromatic rings. The number of nitrogens with one attached hydrogen (secondary N) is 3. The summed E-state index contributed by atoms with van der Waals surface area (Å²) < 4.78 is 1.23. The quantitative estimate of drug-likeness (QED) is 0.299. The fraction of sp³-hybridized carbons (Fsp3) is 0.667. The molecule has 12 nitrogen and oxygen atoms in total. The minimum absolute atomic E-state index is 0.168. The fourth-order valence-electron chi connectivity index (χ4n) is 6.46. The zero-order valence-corrected chi connectivity index (χ0v) is 20.6. The average molecular weight is 499 g/mol. The predicted molar refractivity (Wildman–Crippen MR) is 133 cm³/mol. The standard InChI is InChI=1S/2C12H19N5O/c13-11-4-10(16-12(14)17(11)18)9-3-7-1-2-8(9)6-15-5-7;13-10-5-11(15-12(14)17(10)18)16-6-8-1-2-9(7-16)4-3-8/h4,7-9,14-15,18H,1-3,5-6,13H2;5,8-9,14,18H,1-4,6-7,13H2. The molecule has 9 N–H and O–H groups in total. The summed E-state index contributed by atoms with van der Waals surface area (Å²) in [7, 11) is 0. The minimum Gasteiger partial charge on any atom is -0.423 e. The van der Waals surface area contributed by atoms with Crippen molar-refractivity contribution < 1.29 is 10.4 Å². The number of hydrogen-bond acceptors (Lipinski definition) is 10. The maximum atomic E-state index is 9.45. The van der Waals surface area contributed by atoms with E-state index in [-0.39, 0.29) is 22.9 Å². The van der Waals surface area contributed by atoms with Crippen LogP contribution >= 0.6 is 0 Å². The van der Waals surface area contributed by atoms with E-state index in [1.807, 2.05) is 0 Å². The molecule has 0 aromatic carbocycles. The highest BCUT2D eigenvalue weighted by molar-refractivity contribution is 5.46. The van der Waals surface area contributed by atoms with Gasteiger partial charge < -0.3 is 32.1 Å². The lowest BCUT2D eigenvalue weighted by atomic mass is 9.74. The zero-order chi connectivity index (χ0) is 25.4. The van der Waals surface area contributed by atoms with Gasteiger partial charge in [-0.25, -0.2) is 4.98 Å². The van der Waals surface area contributed by atoms with Crippen LogP contribution < -0.4 is 32.9 Å². The molecule has 3 atom stereocenters. The summed E-state index contributed by atoms with van der Waals surface area (Å²) in [4.78, 5) is 10.5. The van der Waals surface area contributed by atoms with Crippen molar-refractivity contribution in [1.82, 2.24) is 24.7 Å². The molecule has 8 rings (SSSR count). The van der Waals surface area contributed by atoms with Gasteiger partial charge in [0.05, 0.1) is 5.69 Å². The SMILES string of the molecule is N=c1nc(C2CC3CCC2CNC3)cc(N)n1O.N=c1nc(N2CC3CCC(CC3)C2)cc(N)n1O. The van der Waals surface area contributed by atoms with E-state index in [0.717, 1.165) is 55.9 Å². The molecule has 36 heavy (non-hydrogen) atoms. The monoisotopic (exact) mass is 498 g/mol. The minimum atomic E-state index is -0.207. The molecule has 6 fully saturated rings. The molecule has 2 aliphatic carbocycles. The van der Waals surface area contributed by atoms with Gasteiger partial charge in [-0.05, 0) is 81.7 Å². The van der Waals surface area contributed by atoms with Gasteiger partial charge in [-0.15, -0.1) is 9.46 Å². The van der Waals surface area contributed by atoms with Gasteiger partial charge in [0, 0.05) is 31.1 Å². The molecule has 3 unspecified atom stereocenters. The van der Waals surface area contributed by atoms with Crippen LogP contribution in [0.4, 0.5) is 17.5 Å². The second-order valence-electron chi connectivity index (χ2n) is 10.9. The molecule has 12 heteroatoms. The Hall–Kier alpha value is -3.28. The van der Waals surface area contributed by atoms with Crippen molar-refractivity contribution in [3.8, 4) is 0 Å². The van der Waals surface area contributed by atoms with Gasteiger partial charge in [0.25, 0.3) is 11.2 Å². The predicted octanol–water partition coefficient (Wildman–Crippen LogP) is 1.09. The normalized spacial score (nSPS) is 29.2. The molecule has 196 valence electrons. The van der Waals surface area contributed by atoms with Crippen LogP contribution in [0.25, 0.3) is 0 Å². The van der Waals surface area contributed by atoms with Crippen LogP contribution in [0.15, 0.2) is 12.1 Å². The Morgan fingerprint density at radius 1 is 0.806 bits per heavy atom. The summed E-state index contributed by atoms with van der Waals surface area (Å²) in [6.07, 6.45) is 8.82. The van der Waals surface area contributed by atoms with Gasteiger partial charge >= 0.3 is 0 Å². The van der Waals surface area contributed by atoms with Crippen LogP contribution in [0.3, 0.4) is 0 Å². The maximum Gasteiger partial charge on any atom is 0.259 e. The van der Waals surface area contributed by atoms with Crippen molar-refractivity contribution >= 4 is 17.5 Å². The first-order valence-electron chi connectivity index (χ1n) is 13.0. The summed E-state index contributed by atoms with van der Waals surface area (Å²) in [5.74, 6) is 4.20. The molecule has 4 bridgehead atoms. The van der Waals surface area contributed by atoms with E-state index in [1.165, 1.54) is 38.5 Å². The van der Waals surface area contributed by atoms with Crippen molar-refractivity contribution in [2.24, 2.45) is 23.7 Å². The molecule has 2 saturated carbocycles. The molecular formula is C24H38N10O2. The van der Waals surface area contributed by atoms with Crippen LogP contribution in [0.1, 0.15) is 56.6 Å². The highest BCUT2D eigenvalue weighted by Crippen LogP contribution is 2.41. The summed E-state index contributed by atoms with van der Waals surface area (Å²) in [6, 6.07) is 3.37. The lowest BCUT2D eigenvalue weighted by Crippen LogP contribution is -2.33.